The van der Waals surface area contributed by atoms with Crippen molar-refractivity contribution in [1.29, 1.82) is 0 Å². The summed E-state index contributed by atoms with van der Waals surface area (Å²) in [4.78, 5) is 0. The molecule has 0 aromatic carbocycles. The monoisotopic (exact) mass is 181 g/mol. The number of hydrogen-bond acceptors (Lipinski definition) is 1. The maximum Gasteiger partial charge on any atom is 0.0164 e. The van der Waals surface area contributed by atoms with Crippen LogP contribution in [0.5, 0.6) is 0 Å². The molecule has 13 heavy (non-hydrogen) atoms. The van der Waals surface area contributed by atoms with Crippen LogP contribution in [0.1, 0.15) is 52.9 Å². The zero-order valence-corrected chi connectivity index (χ0v) is 9.27. The van der Waals surface area contributed by atoms with Crippen molar-refractivity contribution in [1.82, 2.24) is 0 Å². The summed E-state index contributed by atoms with van der Waals surface area (Å²) in [5, 5.41) is 0. The molecular formula is C12H23N. The van der Waals surface area contributed by atoms with Crippen molar-refractivity contribution in [2.45, 2.75) is 58.4 Å². The molecular weight excluding hydrogens is 158 g/mol. The third kappa shape index (κ3) is 1.76. The minimum atomic E-state index is 0.185. The first-order valence-corrected chi connectivity index (χ1v) is 5.70. The summed E-state index contributed by atoms with van der Waals surface area (Å²) in [6.07, 6.45) is 6.58. The van der Waals surface area contributed by atoms with Gasteiger partial charge < -0.3 is 5.73 Å². The fourth-order valence-electron chi connectivity index (χ4n) is 4.52. The van der Waals surface area contributed by atoms with Crippen LogP contribution in [0.4, 0.5) is 0 Å². The minimum absolute atomic E-state index is 0.185. The Morgan fingerprint density at radius 1 is 1.00 bits per heavy atom. The molecule has 2 N–H and O–H groups in total. The summed E-state index contributed by atoms with van der Waals surface area (Å²) in [6, 6.07) is 0. The second-order valence-electron chi connectivity index (χ2n) is 6.38. The van der Waals surface area contributed by atoms with Crippen LogP contribution in [0, 0.1) is 17.3 Å². The Morgan fingerprint density at radius 3 is 1.85 bits per heavy atom. The lowest BCUT2D eigenvalue weighted by Crippen LogP contribution is -2.54. The van der Waals surface area contributed by atoms with Crippen LogP contribution in [0.2, 0.25) is 0 Å². The molecule has 0 aliphatic heterocycles. The van der Waals surface area contributed by atoms with Gasteiger partial charge in [-0.3, -0.25) is 0 Å². The Labute approximate surface area is 82.1 Å². The fourth-order valence-corrected chi connectivity index (χ4v) is 4.52. The van der Waals surface area contributed by atoms with Crippen LogP contribution >= 0.6 is 0 Å². The number of nitrogens with two attached hydrogens (primary N) is 1. The lowest BCUT2D eigenvalue weighted by Gasteiger charge is -2.53. The second kappa shape index (κ2) is 2.73. The summed E-state index contributed by atoms with van der Waals surface area (Å²) in [6.45, 7) is 7.18. The summed E-state index contributed by atoms with van der Waals surface area (Å²) in [5.41, 5.74) is 7.21. The molecule has 2 bridgehead atoms. The Hall–Kier alpha value is -0.0400. The Bertz CT molecular complexity index is 175. The van der Waals surface area contributed by atoms with Crippen LogP contribution in [0.25, 0.3) is 0 Å². The first-order chi connectivity index (χ1) is 5.91. The van der Waals surface area contributed by atoms with E-state index in [2.05, 4.69) is 20.8 Å². The van der Waals surface area contributed by atoms with Gasteiger partial charge in [0, 0.05) is 5.54 Å². The Kier molecular flexibility index (Phi) is 1.99. The van der Waals surface area contributed by atoms with Gasteiger partial charge in [-0.2, -0.15) is 0 Å². The van der Waals surface area contributed by atoms with E-state index in [4.69, 9.17) is 5.73 Å². The van der Waals surface area contributed by atoms with Crippen LogP contribution in [-0.2, 0) is 0 Å². The smallest absolute Gasteiger partial charge is 0.0164 e. The zero-order chi connectivity index (χ0) is 9.69. The van der Waals surface area contributed by atoms with E-state index in [0.717, 1.165) is 11.8 Å². The Balaban J connectivity index is 2.22. The van der Waals surface area contributed by atoms with Crippen LogP contribution in [-0.4, -0.2) is 5.54 Å². The van der Waals surface area contributed by atoms with Gasteiger partial charge in [0.1, 0.15) is 0 Å². The highest BCUT2D eigenvalue weighted by molar-refractivity contribution is 5.03. The van der Waals surface area contributed by atoms with Crippen LogP contribution in [0.3, 0.4) is 0 Å². The van der Waals surface area contributed by atoms with Crippen LogP contribution in [0.15, 0.2) is 0 Å². The lowest BCUT2D eigenvalue weighted by molar-refractivity contribution is 0.0137. The molecule has 2 aliphatic carbocycles. The van der Waals surface area contributed by atoms with Gasteiger partial charge in [-0.05, 0) is 49.4 Å². The minimum Gasteiger partial charge on any atom is -0.325 e. The van der Waals surface area contributed by atoms with Crippen molar-refractivity contribution in [2.75, 3.05) is 0 Å². The summed E-state index contributed by atoms with van der Waals surface area (Å²) in [5.74, 6) is 1.69. The maximum absolute atomic E-state index is 6.47. The van der Waals surface area contributed by atoms with Crippen molar-refractivity contribution in [3.63, 3.8) is 0 Å². The molecule has 0 aromatic rings. The first-order valence-electron chi connectivity index (χ1n) is 5.70. The molecule has 0 heterocycles. The zero-order valence-electron chi connectivity index (χ0n) is 9.27. The average molecular weight is 181 g/mol. The van der Waals surface area contributed by atoms with E-state index in [1.807, 2.05) is 0 Å². The molecule has 1 nitrogen and oxygen atoms in total. The second-order valence-corrected chi connectivity index (χ2v) is 6.38. The highest BCUT2D eigenvalue weighted by Crippen LogP contribution is 2.53. The normalized spacial score (nSPS) is 56.3. The molecule has 0 aromatic heterocycles. The van der Waals surface area contributed by atoms with Crippen molar-refractivity contribution in [3.05, 3.63) is 0 Å². The molecule has 2 saturated carbocycles. The fraction of sp³-hybridized carbons (Fsp3) is 1.00. The predicted octanol–water partition coefficient (Wildman–Crippen LogP) is 2.94. The Morgan fingerprint density at radius 2 is 1.46 bits per heavy atom. The summed E-state index contributed by atoms with van der Waals surface area (Å²) in [7, 11) is 0. The van der Waals surface area contributed by atoms with E-state index in [1.54, 1.807) is 0 Å². The van der Waals surface area contributed by atoms with Gasteiger partial charge in [0.05, 0.1) is 0 Å². The third-order valence-electron chi connectivity index (χ3n) is 3.97. The molecule has 0 unspecified atom stereocenters. The van der Waals surface area contributed by atoms with E-state index < -0.39 is 0 Å². The predicted molar refractivity (Wildman–Crippen MR) is 56.4 cm³/mol. The van der Waals surface area contributed by atoms with Gasteiger partial charge in [0.15, 0.2) is 0 Å². The van der Waals surface area contributed by atoms with E-state index in [-0.39, 0.29) is 5.54 Å². The molecule has 0 spiro atoms. The van der Waals surface area contributed by atoms with E-state index >= 15 is 0 Å². The van der Waals surface area contributed by atoms with Crippen molar-refractivity contribution in [2.24, 2.45) is 23.0 Å². The van der Waals surface area contributed by atoms with Gasteiger partial charge in [0.25, 0.3) is 0 Å². The molecule has 0 radical (unpaired) electrons. The van der Waals surface area contributed by atoms with Crippen LogP contribution < -0.4 is 5.73 Å². The quantitative estimate of drug-likeness (QED) is 0.611. The molecule has 2 rings (SSSR count). The molecule has 0 amide bonds. The molecule has 1 heteroatoms. The van der Waals surface area contributed by atoms with Gasteiger partial charge in [-0.1, -0.05) is 20.8 Å². The average Bonchev–Trinajstić information content (AvgIpc) is 1.75. The van der Waals surface area contributed by atoms with E-state index in [1.165, 1.54) is 32.1 Å². The van der Waals surface area contributed by atoms with Gasteiger partial charge in [-0.25, -0.2) is 0 Å². The van der Waals surface area contributed by atoms with Crippen molar-refractivity contribution in [3.8, 4) is 0 Å². The topological polar surface area (TPSA) is 26.0 Å². The third-order valence-corrected chi connectivity index (χ3v) is 3.97. The van der Waals surface area contributed by atoms with Gasteiger partial charge in [-0.15, -0.1) is 0 Å². The number of rotatable bonds is 0. The highest BCUT2D eigenvalue weighted by atomic mass is 14.8. The van der Waals surface area contributed by atoms with E-state index in [9.17, 15) is 0 Å². The molecule has 2 aliphatic rings. The maximum atomic E-state index is 6.47. The van der Waals surface area contributed by atoms with Gasteiger partial charge >= 0.3 is 0 Å². The summed E-state index contributed by atoms with van der Waals surface area (Å²) >= 11 is 0. The highest BCUT2D eigenvalue weighted by Gasteiger charge is 2.47. The van der Waals surface area contributed by atoms with E-state index in [0.29, 0.717) is 5.41 Å². The SMILES string of the molecule is C[C@@H]1C[C@]2(C)C[C@@H](C)C[C@](N)(C1)C2. The number of hydrogen-bond donors (Lipinski definition) is 1. The largest absolute Gasteiger partial charge is 0.325 e. The molecule has 76 valence electrons. The molecule has 2 atom stereocenters. The lowest BCUT2D eigenvalue weighted by atomic mass is 9.55. The molecule has 0 saturated heterocycles. The molecule has 2 fully saturated rings. The standard InChI is InChI=1S/C12H23N/c1-9-4-11(3)5-10(2)7-12(13,6-9)8-11/h9-10H,4-8,13H2,1-3H3/t9-,10-,11-,12-/m1/s1. The summed E-state index contributed by atoms with van der Waals surface area (Å²) < 4.78 is 0. The van der Waals surface area contributed by atoms with Crippen molar-refractivity contribution < 1.29 is 0 Å². The number of fused-ring (bicyclic) bond motifs is 2. The van der Waals surface area contributed by atoms with Gasteiger partial charge in [0.2, 0.25) is 0 Å². The van der Waals surface area contributed by atoms with Crippen molar-refractivity contribution >= 4 is 0 Å². The first kappa shape index (κ1) is 9.51.